The van der Waals surface area contributed by atoms with Crippen LogP contribution in [-0.4, -0.2) is 67.9 Å². The number of aliphatic imine (C=N–C) groups is 1. The molecule has 0 saturated carbocycles. The standard InChI is InChI=1S/C29H42N3O6/c1-22-7-9-25(10-8-22)19-37-28(35)38-21-29(3,20-33)27(34)36-18-26-13-11-24(12-14-26)17-32(4,5)16-6-15-31-23(2)30/h7-14,33H,6,15-21H2,1-5H3,(H2,30,31)/q+1. The second-order valence-corrected chi connectivity index (χ2v) is 10.6. The van der Waals surface area contributed by atoms with E-state index in [0.717, 1.165) is 47.2 Å². The molecule has 1 unspecified atom stereocenters. The minimum Gasteiger partial charge on any atom is -0.460 e. The van der Waals surface area contributed by atoms with E-state index in [-0.39, 0.29) is 19.8 Å². The van der Waals surface area contributed by atoms with Crippen LogP contribution in [0.3, 0.4) is 0 Å². The lowest BCUT2D eigenvalue weighted by Crippen LogP contribution is -2.39. The number of ether oxygens (including phenoxy) is 3. The fraction of sp³-hybridized carbons (Fsp3) is 0.483. The molecule has 9 heteroatoms. The van der Waals surface area contributed by atoms with E-state index >= 15 is 0 Å². The van der Waals surface area contributed by atoms with Gasteiger partial charge in [-0.15, -0.1) is 0 Å². The molecule has 0 fully saturated rings. The van der Waals surface area contributed by atoms with E-state index in [1.165, 1.54) is 12.5 Å². The molecule has 3 N–H and O–H groups in total. The second-order valence-electron chi connectivity index (χ2n) is 10.6. The molecule has 2 aromatic carbocycles. The highest BCUT2D eigenvalue weighted by Crippen LogP contribution is 2.20. The number of aliphatic hydroxyl groups is 1. The molecule has 0 amide bonds. The highest BCUT2D eigenvalue weighted by atomic mass is 16.7. The monoisotopic (exact) mass is 528 g/mol. The number of nitrogens with two attached hydrogens (primary N) is 1. The molecular weight excluding hydrogens is 486 g/mol. The maximum atomic E-state index is 12.7. The van der Waals surface area contributed by atoms with Crippen LogP contribution in [0.15, 0.2) is 53.5 Å². The molecular formula is C29H42N3O6+. The predicted octanol–water partition coefficient (Wildman–Crippen LogP) is 3.73. The van der Waals surface area contributed by atoms with E-state index in [9.17, 15) is 14.7 Å². The van der Waals surface area contributed by atoms with Crippen molar-refractivity contribution in [2.24, 2.45) is 16.1 Å². The summed E-state index contributed by atoms with van der Waals surface area (Å²) in [5.74, 6) is -0.0570. The van der Waals surface area contributed by atoms with Crippen molar-refractivity contribution in [2.45, 2.75) is 47.0 Å². The first-order valence-corrected chi connectivity index (χ1v) is 12.7. The van der Waals surface area contributed by atoms with Crippen LogP contribution in [0.5, 0.6) is 0 Å². The third kappa shape index (κ3) is 10.9. The number of nitrogens with zero attached hydrogens (tertiary/aromatic N) is 2. The van der Waals surface area contributed by atoms with Crippen LogP contribution < -0.4 is 5.73 Å². The number of aryl methyl sites for hydroxylation is 1. The van der Waals surface area contributed by atoms with E-state index in [1.54, 1.807) is 6.92 Å². The molecule has 9 nitrogen and oxygen atoms in total. The first-order chi connectivity index (χ1) is 17.9. The summed E-state index contributed by atoms with van der Waals surface area (Å²) in [4.78, 5) is 28.9. The molecule has 208 valence electrons. The van der Waals surface area contributed by atoms with Crippen molar-refractivity contribution < 1.29 is 33.4 Å². The van der Waals surface area contributed by atoms with Crippen molar-refractivity contribution >= 4 is 18.0 Å². The fourth-order valence-corrected chi connectivity index (χ4v) is 3.65. The molecule has 0 aliphatic heterocycles. The van der Waals surface area contributed by atoms with E-state index in [1.807, 2.05) is 55.5 Å². The van der Waals surface area contributed by atoms with Crippen LogP contribution in [0.1, 0.15) is 42.5 Å². The summed E-state index contributed by atoms with van der Waals surface area (Å²) in [6.45, 7) is 6.97. The van der Waals surface area contributed by atoms with Crippen LogP contribution in [0.2, 0.25) is 0 Å². The van der Waals surface area contributed by atoms with E-state index < -0.39 is 24.1 Å². The average Bonchev–Trinajstić information content (AvgIpc) is 2.88. The van der Waals surface area contributed by atoms with Gasteiger partial charge in [0, 0.05) is 18.5 Å². The molecule has 0 saturated heterocycles. The number of amidine groups is 1. The summed E-state index contributed by atoms with van der Waals surface area (Å²) in [7, 11) is 4.34. The number of hydrogen-bond donors (Lipinski definition) is 2. The molecule has 0 radical (unpaired) electrons. The number of benzene rings is 2. The lowest BCUT2D eigenvalue weighted by Gasteiger charge is -2.29. The Balaban J connectivity index is 1.79. The Hall–Kier alpha value is -3.43. The Morgan fingerprint density at radius 3 is 2.08 bits per heavy atom. The molecule has 2 aromatic rings. The van der Waals surface area contributed by atoms with Crippen LogP contribution in [0.25, 0.3) is 0 Å². The van der Waals surface area contributed by atoms with Crippen molar-refractivity contribution in [3.8, 4) is 0 Å². The predicted molar refractivity (Wildman–Crippen MR) is 146 cm³/mol. The Morgan fingerprint density at radius 1 is 0.947 bits per heavy atom. The smallest absolute Gasteiger partial charge is 0.460 e. The van der Waals surface area contributed by atoms with Gasteiger partial charge in [-0.25, -0.2) is 4.79 Å². The SMILES string of the molecule is CC(N)=NCCC[N+](C)(C)Cc1ccc(COC(=O)C(C)(CO)COC(=O)OCc2ccc(C)cc2)cc1. The minimum absolute atomic E-state index is 0.0429. The summed E-state index contributed by atoms with van der Waals surface area (Å²) in [5, 5.41) is 9.80. The van der Waals surface area contributed by atoms with Gasteiger partial charge in [0.2, 0.25) is 0 Å². The first-order valence-electron chi connectivity index (χ1n) is 12.7. The summed E-state index contributed by atoms with van der Waals surface area (Å²) in [6.07, 6.45) is 0.0325. The molecule has 0 aliphatic rings. The quantitative estimate of drug-likeness (QED) is 0.126. The normalized spacial score (nSPS) is 13.5. The van der Waals surface area contributed by atoms with Gasteiger partial charge in [0.1, 0.15) is 31.8 Å². The number of aliphatic hydroxyl groups excluding tert-OH is 1. The number of esters is 1. The maximum absolute atomic E-state index is 12.7. The Bertz CT molecular complexity index is 1060. The van der Waals surface area contributed by atoms with Crippen LogP contribution in [-0.2, 0) is 38.8 Å². The zero-order valence-electron chi connectivity index (χ0n) is 23.2. The minimum atomic E-state index is -1.41. The van der Waals surface area contributed by atoms with Gasteiger partial charge in [-0.3, -0.25) is 9.79 Å². The van der Waals surface area contributed by atoms with Gasteiger partial charge in [-0.2, -0.15) is 0 Å². The van der Waals surface area contributed by atoms with Crippen molar-refractivity contribution in [3.05, 3.63) is 70.8 Å². The maximum Gasteiger partial charge on any atom is 0.508 e. The molecule has 0 heterocycles. The van der Waals surface area contributed by atoms with Gasteiger partial charge in [-0.1, -0.05) is 54.1 Å². The highest BCUT2D eigenvalue weighted by Gasteiger charge is 2.36. The highest BCUT2D eigenvalue weighted by molar-refractivity contribution is 5.77. The first kappa shape index (κ1) is 30.8. The Labute approximate surface area is 225 Å². The summed E-state index contributed by atoms with van der Waals surface area (Å²) >= 11 is 0. The van der Waals surface area contributed by atoms with E-state index in [2.05, 4.69) is 19.1 Å². The van der Waals surface area contributed by atoms with Gasteiger partial charge in [0.15, 0.2) is 0 Å². The summed E-state index contributed by atoms with van der Waals surface area (Å²) in [6, 6.07) is 15.4. The summed E-state index contributed by atoms with van der Waals surface area (Å²) in [5.41, 5.74) is 8.09. The van der Waals surface area contributed by atoms with Crippen LogP contribution in [0, 0.1) is 12.3 Å². The number of rotatable bonds is 14. The number of hydrogen-bond acceptors (Lipinski definition) is 7. The van der Waals surface area contributed by atoms with Gasteiger partial charge in [0.25, 0.3) is 0 Å². The number of carbonyl (C=O) groups is 2. The second kappa shape index (κ2) is 14.5. The zero-order valence-corrected chi connectivity index (χ0v) is 23.2. The average molecular weight is 529 g/mol. The van der Waals surface area contributed by atoms with Crippen molar-refractivity contribution in [3.63, 3.8) is 0 Å². The Morgan fingerprint density at radius 2 is 1.50 bits per heavy atom. The van der Waals surface area contributed by atoms with Crippen LogP contribution in [0.4, 0.5) is 4.79 Å². The number of carbonyl (C=O) groups excluding carboxylic acids is 2. The number of quaternary nitrogens is 1. The van der Waals surface area contributed by atoms with Gasteiger partial charge in [-0.05, 0) is 31.9 Å². The van der Waals surface area contributed by atoms with Gasteiger partial charge < -0.3 is 29.5 Å². The van der Waals surface area contributed by atoms with Crippen molar-refractivity contribution in [2.75, 3.05) is 40.4 Å². The molecule has 0 aliphatic carbocycles. The van der Waals surface area contributed by atoms with Crippen molar-refractivity contribution in [1.82, 2.24) is 0 Å². The lowest BCUT2D eigenvalue weighted by molar-refractivity contribution is -0.903. The molecule has 38 heavy (non-hydrogen) atoms. The molecule has 0 aromatic heterocycles. The van der Waals surface area contributed by atoms with Crippen molar-refractivity contribution in [1.29, 1.82) is 0 Å². The molecule has 2 rings (SSSR count). The van der Waals surface area contributed by atoms with E-state index in [4.69, 9.17) is 19.9 Å². The lowest BCUT2D eigenvalue weighted by atomic mass is 9.93. The fourth-order valence-electron chi connectivity index (χ4n) is 3.65. The van der Waals surface area contributed by atoms with E-state index in [0.29, 0.717) is 5.84 Å². The molecule has 0 spiro atoms. The third-order valence-electron chi connectivity index (χ3n) is 6.11. The van der Waals surface area contributed by atoms with Gasteiger partial charge in [0.05, 0.1) is 33.1 Å². The largest absolute Gasteiger partial charge is 0.508 e. The zero-order chi connectivity index (χ0) is 28.2. The Kier molecular flexibility index (Phi) is 11.7. The van der Waals surface area contributed by atoms with Gasteiger partial charge >= 0.3 is 12.1 Å². The molecule has 1 atom stereocenters. The summed E-state index contributed by atoms with van der Waals surface area (Å²) < 4.78 is 16.4. The van der Waals surface area contributed by atoms with Crippen LogP contribution >= 0.6 is 0 Å². The third-order valence-corrected chi connectivity index (χ3v) is 6.11. The molecule has 0 bridgehead atoms. The topological polar surface area (TPSA) is 120 Å².